The Morgan fingerprint density at radius 1 is 1.14 bits per heavy atom. The third kappa shape index (κ3) is 2.94. The molecule has 1 heterocycles. The van der Waals surface area contributed by atoms with E-state index in [-0.39, 0.29) is 0 Å². The molecule has 0 saturated heterocycles. The van der Waals surface area contributed by atoms with Crippen LogP contribution in [-0.4, -0.2) is 17.1 Å². The fourth-order valence-corrected chi connectivity index (χ4v) is 2.81. The first-order valence-corrected chi connectivity index (χ1v) is 7.81. The molecular formula is C16H20BrN3O. The number of ether oxygens (including phenoxy) is 1. The maximum atomic E-state index is 6.07. The molecule has 0 radical (unpaired) electrons. The minimum absolute atomic E-state index is 0.433. The molecule has 0 saturated carbocycles. The van der Waals surface area contributed by atoms with Crippen molar-refractivity contribution in [2.24, 2.45) is 0 Å². The number of hydrogen-bond acceptors (Lipinski definition) is 4. The summed E-state index contributed by atoms with van der Waals surface area (Å²) in [6.07, 6.45) is 1.57. The van der Waals surface area contributed by atoms with Crippen LogP contribution in [0.25, 0.3) is 11.3 Å². The number of aromatic nitrogens is 2. The molecule has 0 unspecified atom stereocenters. The van der Waals surface area contributed by atoms with Crippen LogP contribution >= 0.6 is 15.9 Å². The first-order chi connectivity index (χ1) is 10.1. The van der Waals surface area contributed by atoms with Gasteiger partial charge in [0, 0.05) is 12.7 Å². The van der Waals surface area contributed by atoms with E-state index in [1.54, 1.807) is 7.11 Å². The number of halogens is 1. The average Bonchev–Trinajstić information content (AvgIpc) is 2.53. The van der Waals surface area contributed by atoms with Crippen LogP contribution in [0, 0.1) is 0 Å². The molecule has 4 nitrogen and oxygen atoms in total. The van der Waals surface area contributed by atoms with Crippen LogP contribution in [-0.2, 0) is 10.3 Å². The quantitative estimate of drug-likeness (QED) is 0.880. The highest BCUT2D eigenvalue weighted by atomic mass is 79.9. The summed E-state index contributed by atoms with van der Waals surface area (Å²) in [5, 5.41) is 0. The van der Waals surface area contributed by atoms with E-state index in [9.17, 15) is 0 Å². The predicted octanol–water partition coefficient (Wildman–Crippen LogP) is 4.15. The summed E-state index contributed by atoms with van der Waals surface area (Å²) in [6.45, 7) is 4.13. The highest BCUT2D eigenvalue weighted by Gasteiger charge is 2.32. The van der Waals surface area contributed by atoms with Crippen molar-refractivity contribution in [3.05, 3.63) is 40.6 Å². The van der Waals surface area contributed by atoms with Crippen LogP contribution in [0.15, 0.2) is 34.8 Å². The summed E-state index contributed by atoms with van der Waals surface area (Å²) in [4.78, 5) is 9.16. The van der Waals surface area contributed by atoms with Crippen molar-refractivity contribution < 1.29 is 4.74 Å². The highest BCUT2D eigenvalue weighted by Crippen LogP contribution is 2.36. The summed E-state index contributed by atoms with van der Waals surface area (Å²) >= 11 is 3.49. The lowest BCUT2D eigenvalue weighted by Gasteiger charge is -2.29. The molecule has 0 fully saturated rings. The largest absolute Gasteiger partial charge is 0.383 e. The monoisotopic (exact) mass is 349 g/mol. The zero-order valence-electron chi connectivity index (χ0n) is 12.6. The Labute approximate surface area is 133 Å². The number of nitrogen functional groups attached to an aromatic ring is 1. The van der Waals surface area contributed by atoms with Gasteiger partial charge in [0.15, 0.2) is 5.82 Å². The Morgan fingerprint density at radius 2 is 1.76 bits per heavy atom. The molecule has 0 atom stereocenters. The molecule has 2 N–H and O–H groups in total. The van der Waals surface area contributed by atoms with E-state index < -0.39 is 5.60 Å². The predicted molar refractivity (Wildman–Crippen MR) is 88.8 cm³/mol. The Morgan fingerprint density at radius 3 is 2.29 bits per heavy atom. The summed E-state index contributed by atoms with van der Waals surface area (Å²) < 4.78 is 6.43. The van der Waals surface area contributed by atoms with Crippen molar-refractivity contribution in [1.82, 2.24) is 9.97 Å². The molecular weight excluding hydrogens is 330 g/mol. The molecule has 0 aliphatic carbocycles. The van der Waals surface area contributed by atoms with Gasteiger partial charge in [0.2, 0.25) is 0 Å². The number of anilines is 1. The van der Waals surface area contributed by atoms with E-state index >= 15 is 0 Å². The van der Waals surface area contributed by atoms with Gasteiger partial charge in [-0.2, -0.15) is 0 Å². The van der Waals surface area contributed by atoms with Crippen molar-refractivity contribution in [1.29, 1.82) is 0 Å². The number of nitrogens with two attached hydrogens (primary N) is 1. The van der Waals surface area contributed by atoms with E-state index in [2.05, 4.69) is 34.8 Å². The van der Waals surface area contributed by atoms with Gasteiger partial charge in [0.1, 0.15) is 11.4 Å². The molecule has 1 aromatic carbocycles. The minimum Gasteiger partial charge on any atom is -0.383 e. The molecule has 1 aromatic heterocycles. The fourth-order valence-electron chi connectivity index (χ4n) is 2.40. The van der Waals surface area contributed by atoms with Gasteiger partial charge in [-0.3, -0.25) is 0 Å². The van der Waals surface area contributed by atoms with Gasteiger partial charge in [-0.15, -0.1) is 0 Å². The zero-order valence-corrected chi connectivity index (χ0v) is 14.1. The van der Waals surface area contributed by atoms with Crippen LogP contribution in [0.3, 0.4) is 0 Å². The molecule has 0 aliphatic rings. The number of hydrogen-bond donors (Lipinski definition) is 1. The highest BCUT2D eigenvalue weighted by molar-refractivity contribution is 9.10. The summed E-state index contributed by atoms with van der Waals surface area (Å²) in [6, 6.07) is 9.93. The van der Waals surface area contributed by atoms with Gasteiger partial charge in [-0.05, 0) is 28.8 Å². The lowest BCUT2D eigenvalue weighted by Crippen LogP contribution is -2.30. The number of rotatable bonds is 5. The molecule has 2 aromatic rings. The molecule has 2 rings (SSSR count). The van der Waals surface area contributed by atoms with Crippen molar-refractivity contribution in [2.45, 2.75) is 32.3 Å². The fraction of sp³-hybridized carbons (Fsp3) is 0.375. The molecule has 0 spiro atoms. The van der Waals surface area contributed by atoms with E-state index in [0.29, 0.717) is 11.6 Å². The van der Waals surface area contributed by atoms with Crippen molar-refractivity contribution >= 4 is 21.7 Å². The van der Waals surface area contributed by atoms with Gasteiger partial charge in [-0.25, -0.2) is 9.97 Å². The lowest BCUT2D eigenvalue weighted by molar-refractivity contribution is -0.0289. The van der Waals surface area contributed by atoms with Gasteiger partial charge in [0.25, 0.3) is 0 Å². The Balaban J connectivity index is 2.64. The first-order valence-electron chi connectivity index (χ1n) is 7.02. The van der Waals surface area contributed by atoms with E-state index in [0.717, 1.165) is 28.6 Å². The Kier molecular flexibility index (Phi) is 4.96. The van der Waals surface area contributed by atoms with Crippen LogP contribution < -0.4 is 5.73 Å². The van der Waals surface area contributed by atoms with E-state index in [1.807, 2.05) is 30.3 Å². The second kappa shape index (κ2) is 6.54. The summed E-state index contributed by atoms with van der Waals surface area (Å²) in [5.41, 5.74) is 7.35. The van der Waals surface area contributed by atoms with E-state index in [1.165, 1.54) is 0 Å². The Hall–Kier alpha value is -1.46. The lowest BCUT2D eigenvalue weighted by atomic mass is 9.95. The van der Waals surface area contributed by atoms with Crippen molar-refractivity contribution in [3.8, 4) is 11.3 Å². The van der Waals surface area contributed by atoms with Crippen LogP contribution in [0.1, 0.15) is 32.5 Å². The van der Waals surface area contributed by atoms with Gasteiger partial charge >= 0.3 is 0 Å². The van der Waals surface area contributed by atoms with Gasteiger partial charge in [0.05, 0.1) is 10.2 Å². The summed E-state index contributed by atoms with van der Waals surface area (Å²) in [5.74, 6) is 1.07. The topological polar surface area (TPSA) is 61.0 Å². The molecule has 5 heteroatoms. The van der Waals surface area contributed by atoms with Gasteiger partial charge in [-0.1, -0.05) is 44.2 Å². The third-order valence-electron chi connectivity index (χ3n) is 3.86. The second-order valence-corrected chi connectivity index (χ2v) is 5.66. The average molecular weight is 350 g/mol. The van der Waals surface area contributed by atoms with Crippen LogP contribution in [0.5, 0.6) is 0 Å². The zero-order chi connectivity index (χ0) is 15.5. The molecule has 0 amide bonds. The van der Waals surface area contributed by atoms with E-state index in [4.69, 9.17) is 15.5 Å². The van der Waals surface area contributed by atoms with Crippen molar-refractivity contribution in [3.63, 3.8) is 0 Å². The minimum atomic E-state index is -0.502. The number of nitrogens with zero attached hydrogens (tertiary/aromatic N) is 2. The Bertz CT molecular complexity index is 604. The number of benzene rings is 1. The summed E-state index contributed by atoms with van der Waals surface area (Å²) in [7, 11) is 1.69. The normalized spacial score (nSPS) is 11.6. The smallest absolute Gasteiger partial charge is 0.163 e. The number of methoxy groups -OCH3 is 1. The maximum Gasteiger partial charge on any atom is 0.163 e. The second-order valence-electron chi connectivity index (χ2n) is 4.87. The van der Waals surface area contributed by atoms with Gasteiger partial charge < -0.3 is 10.5 Å². The molecule has 0 bridgehead atoms. The van der Waals surface area contributed by atoms with Crippen LogP contribution in [0.4, 0.5) is 5.82 Å². The maximum absolute atomic E-state index is 6.07. The SMILES string of the molecule is CCC(CC)(OC)c1nc(N)c(Br)c(-c2ccccc2)n1. The standard InChI is InChI=1S/C16H20BrN3O/c1-4-16(5-2,21-3)15-19-13(12(17)14(18)20-15)11-9-7-6-8-10-11/h6-10H,4-5H2,1-3H3,(H2,18,19,20). The van der Waals surface area contributed by atoms with Crippen molar-refractivity contribution in [2.75, 3.05) is 12.8 Å². The third-order valence-corrected chi connectivity index (χ3v) is 4.65. The molecule has 112 valence electrons. The first kappa shape index (κ1) is 15.9. The van der Waals surface area contributed by atoms with Crippen LogP contribution in [0.2, 0.25) is 0 Å². The molecule has 0 aliphatic heterocycles. The molecule has 21 heavy (non-hydrogen) atoms.